The number of benzene rings is 3. The minimum absolute atomic E-state index is 0.693. The van der Waals surface area contributed by atoms with Gasteiger partial charge in [-0.05, 0) is 30.3 Å². The van der Waals surface area contributed by atoms with Gasteiger partial charge in [-0.15, -0.1) is 22.7 Å². The Bertz CT molecular complexity index is 2070. The molecular formula is C29H16N4S2. The number of aromatic nitrogens is 4. The molecule has 0 amide bonds. The zero-order chi connectivity index (χ0) is 22.9. The maximum atomic E-state index is 5.19. The summed E-state index contributed by atoms with van der Waals surface area (Å²) >= 11 is 3.72. The highest BCUT2D eigenvalue weighted by molar-refractivity contribution is 7.37. The SMILES string of the molecule is c1ccc2c(-c3ccncc3)nc(-n3c4ccccc4c4sc5c6ccccc6sc5c43)nc2c1. The van der Waals surface area contributed by atoms with Crippen LogP contribution in [0.3, 0.4) is 0 Å². The zero-order valence-electron chi connectivity index (χ0n) is 18.3. The van der Waals surface area contributed by atoms with E-state index < -0.39 is 0 Å². The van der Waals surface area contributed by atoms with Gasteiger partial charge in [0.2, 0.25) is 5.95 Å². The molecule has 35 heavy (non-hydrogen) atoms. The van der Waals surface area contributed by atoms with Crippen LogP contribution in [0.1, 0.15) is 0 Å². The number of thiophene rings is 2. The van der Waals surface area contributed by atoms with Gasteiger partial charge in [-0.2, -0.15) is 0 Å². The summed E-state index contributed by atoms with van der Waals surface area (Å²) in [7, 11) is 0. The summed E-state index contributed by atoms with van der Waals surface area (Å²) in [5.74, 6) is 0.693. The third kappa shape index (κ3) is 2.69. The molecule has 0 spiro atoms. The van der Waals surface area contributed by atoms with E-state index in [9.17, 15) is 0 Å². The Kier molecular flexibility index (Phi) is 3.94. The molecule has 3 aromatic carbocycles. The number of para-hydroxylation sites is 2. The monoisotopic (exact) mass is 484 g/mol. The first-order chi connectivity index (χ1) is 17.4. The van der Waals surface area contributed by atoms with Crippen molar-refractivity contribution in [2.75, 3.05) is 0 Å². The minimum atomic E-state index is 0.693. The van der Waals surface area contributed by atoms with Gasteiger partial charge in [0.25, 0.3) is 0 Å². The smallest absolute Gasteiger partial charge is 0.235 e. The Balaban J connectivity index is 1.55. The molecule has 8 rings (SSSR count). The quantitative estimate of drug-likeness (QED) is 0.248. The van der Waals surface area contributed by atoms with E-state index in [2.05, 4.69) is 70.2 Å². The molecule has 4 nitrogen and oxygen atoms in total. The fraction of sp³-hybridized carbons (Fsp3) is 0. The van der Waals surface area contributed by atoms with E-state index >= 15 is 0 Å². The van der Waals surface area contributed by atoms with E-state index in [-0.39, 0.29) is 0 Å². The molecular weight excluding hydrogens is 468 g/mol. The Labute approximate surface area is 207 Å². The predicted octanol–water partition coefficient (Wildman–Crippen LogP) is 8.22. The molecule has 0 fully saturated rings. The highest BCUT2D eigenvalue weighted by atomic mass is 32.1. The average molecular weight is 485 g/mol. The summed E-state index contributed by atoms with van der Waals surface area (Å²) in [5.41, 5.74) is 5.21. The average Bonchev–Trinajstić information content (AvgIpc) is 3.56. The first-order valence-corrected chi connectivity index (χ1v) is 13.0. The first kappa shape index (κ1) is 19.2. The van der Waals surface area contributed by atoms with Crippen LogP contribution in [0.4, 0.5) is 0 Å². The normalized spacial score (nSPS) is 12.0. The van der Waals surface area contributed by atoms with Crippen LogP contribution < -0.4 is 0 Å². The van der Waals surface area contributed by atoms with Crippen molar-refractivity contribution in [1.29, 1.82) is 0 Å². The van der Waals surface area contributed by atoms with Gasteiger partial charge in [0, 0.05) is 38.8 Å². The summed E-state index contributed by atoms with van der Waals surface area (Å²) in [6.45, 7) is 0. The van der Waals surface area contributed by atoms with Crippen LogP contribution in [0.2, 0.25) is 0 Å². The number of nitrogens with zero attached hydrogens (tertiary/aromatic N) is 4. The maximum absolute atomic E-state index is 5.19. The Morgan fingerprint density at radius 3 is 2.23 bits per heavy atom. The number of fused-ring (bicyclic) bond motifs is 8. The van der Waals surface area contributed by atoms with E-state index in [0.29, 0.717) is 5.95 Å². The van der Waals surface area contributed by atoms with E-state index in [1.165, 1.54) is 35.1 Å². The summed E-state index contributed by atoms with van der Waals surface area (Å²) in [6, 6.07) is 29.5. The molecule has 0 N–H and O–H groups in total. The van der Waals surface area contributed by atoms with E-state index in [1.54, 1.807) is 0 Å². The van der Waals surface area contributed by atoms with Crippen molar-refractivity contribution in [3.63, 3.8) is 0 Å². The molecule has 5 aromatic heterocycles. The van der Waals surface area contributed by atoms with Gasteiger partial charge in [-0.1, -0.05) is 54.6 Å². The van der Waals surface area contributed by atoms with Crippen molar-refractivity contribution >= 4 is 74.2 Å². The first-order valence-electron chi connectivity index (χ1n) is 11.4. The van der Waals surface area contributed by atoms with E-state index in [1.807, 2.05) is 59.3 Å². The predicted molar refractivity (Wildman–Crippen MR) is 148 cm³/mol. The lowest BCUT2D eigenvalue weighted by atomic mass is 10.1. The van der Waals surface area contributed by atoms with Gasteiger partial charge in [0.15, 0.2) is 0 Å². The van der Waals surface area contributed by atoms with Crippen molar-refractivity contribution in [2.45, 2.75) is 0 Å². The van der Waals surface area contributed by atoms with E-state index in [0.717, 1.165) is 27.7 Å². The molecule has 0 aliphatic rings. The van der Waals surface area contributed by atoms with Gasteiger partial charge in [0.05, 0.1) is 36.3 Å². The summed E-state index contributed by atoms with van der Waals surface area (Å²) in [4.78, 5) is 14.5. The molecule has 8 aromatic rings. The van der Waals surface area contributed by atoms with Crippen molar-refractivity contribution in [2.24, 2.45) is 0 Å². The molecule has 6 heteroatoms. The summed E-state index contributed by atoms with van der Waals surface area (Å²) < 4.78 is 7.49. The van der Waals surface area contributed by atoms with Gasteiger partial charge in [0.1, 0.15) is 0 Å². The van der Waals surface area contributed by atoms with Crippen molar-refractivity contribution in [3.8, 4) is 17.2 Å². The Morgan fingerprint density at radius 1 is 0.600 bits per heavy atom. The minimum Gasteiger partial charge on any atom is -0.276 e. The third-order valence-electron chi connectivity index (χ3n) is 6.54. The van der Waals surface area contributed by atoms with Gasteiger partial charge < -0.3 is 0 Å². The molecule has 5 heterocycles. The van der Waals surface area contributed by atoms with Crippen LogP contribution in [0.25, 0.3) is 68.7 Å². The topological polar surface area (TPSA) is 43.6 Å². The van der Waals surface area contributed by atoms with Crippen LogP contribution in [0, 0.1) is 0 Å². The van der Waals surface area contributed by atoms with Crippen LogP contribution >= 0.6 is 22.7 Å². The molecule has 0 radical (unpaired) electrons. The highest BCUT2D eigenvalue weighted by Crippen LogP contribution is 2.48. The molecule has 0 saturated heterocycles. The lowest BCUT2D eigenvalue weighted by Crippen LogP contribution is -2.03. The standard InChI is InChI=1S/C29H16N4S2/c1-4-10-21-18(7-1)24(17-13-15-30-16-14-17)32-29(31-21)33-22-11-5-2-8-19(22)26-25(33)28-27(35-26)20-9-3-6-12-23(20)34-28/h1-16H. The van der Waals surface area contributed by atoms with Crippen LogP contribution in [-0.2, 0) is 0 Å². The highest BCUT2D eigenvalue weighted by Gasteiger charge is 2.22. The number of pyridine rings is 1. The van der Waals surface area contributed by atoms with E-state index in [4.69, 9.17) is 9.97 Å². The van der Waals surface area contributed by atoms with Crippen molar-refractivity contribution in [1.82, 2.24) is 19.5 Å². The van der Waals surface area contributed by atoms with Gasteiger partial charge >= 0.3 is 0 Å². The molecule has 164 valence electrons. The van der Waals surface area contributed by atoms with Gasteiger partial charge in [-0.25, -0.2) is 9.97 Å². The third-order valence-corrected chi connectivity index (χ3v) is 9.09. The number of rotatable bonds is 2. The molecule has 0 aliphatic carbocycles. The molecule has 0 atom stereocenters. The Morgan fingerprint density at radius 2 is 1.34 bits per heavy atom. The lowest BCUT2D eigenvalue weighted by Gasteiger charge is -2.11. The van der Waals surface area contributed by atoms with Crippen LogP contribution in [0.5, 0.6) is 0 Å². The number of hydrogen-bond acceptors (Lipinski definition) is 5. The lowest BCUT2D eigenvalue weighted by molar-refractivity contribution is 1.02. The second kappa shape index (κ2) is 7.18. The molecule has 0 unspecified atom stereocenters. The Hall–Kier alpha value is -4.13. The zero-order valence-corrected chi connectivity index (χ0v) is 20.0. The fourth-order valence-corrected chi connectivity index (χ4v) is 7.77. The maximum Gasteiger partial charge on any atom is 0.235 e. The molecule has 0 aliphatic heterocycles. The van der Waals surface area contributed by atoms with Crippen molar-refractivity contribution < 1.29 is 0 Å². The largest absolute Gasteiger partial charge is 0.276 e. The summed E-state index contributed by atoms with van der Waals surface area (Å²) in [5, 5.41) is 3.59. The fourth-order valence-electron chi connectivity index (χ4n) is 5.00. The second-order valence-corrected chi connectivity index (χ2v) is 10.6. The van der Waals surface area contributed by atoms with Crippen LogP contribution in [0.15, 0.2) is 97.3 Å². The molecule has 0 saturated carbocycles. The second-order valence-electron chi connectivity index (χ2n) is 8.51. The molecule has 0 bridgehead atoms. The summed E-state index contributed by atoms with van der Waals surface area (Å²) in [6.07, 6.45) is 3.63. The number of hydrogen-bond donors (Lipinski definition) is 0. The van der Waals surface area contributed by atoms with Gasteiger partial charge in [-0.3, -0.25) is 9.55 Å². The van der Waals surface area contributed by atoms with Crippen molar-refractivity contribution in [3.05, 3.63) is 97.3 Å². The van der Waals surface area contributed by atoms with Crippen LogP contribution in [-0.4, -0.2) is 19.5 Å².